The molecule has 7 nitrogen and oxygen atoms in total. The summed E-state index contributed by atoms with van der Waals surface area (Å²) in [5.74, 6) is 1.45. The molecule has 5 aromatic rings. The molecule has 0 bridgehead atoms. The fraction of sp³-hybridized carbons (Fsp3) is 0.0455. The minimum Gasteiger partial charge on any atom is -0.457 e. The summed E-state index contributed by atoms with van der Waals surface area (Å²) in [6.45, 7) is 0. The summed E-state index contributed by atoms with van der Waals surface area (Å²) in [5.41, 5.74) is 1.56. The number of hydrogen-bond donors (Lipinski definition) is 3. The topological polar surface area (TPSA) is 91.5 Å². The Morgan fingerprint density at radius 3 is 2.45 bits per heavy atom. The van der Waals surface area contributed by atoms with Crippen molar-refractivity contribution >= 4 is 34.3 Å². The van der Waals surface area contributed by atoms with Crippen molar-refractivity contribution in [3.8, 4) is 23.0 Å². The first kappa shape index (κ1) is 20.8. The molecular weight excluding hydrogens is 457 g/mol. The number of halogens is 4. The molecule has 166 valence electrons. The number of alkyl halides is 3. The molecule has 0 atom stereocenters. The molecule has 11 heteroatoms. The molecule has 2 aromatic carbocycles. The van der Waals surface area contributed by atoms with Crippen LogP contribution in [0, 0.1) is 0 Å². The second-order valence-corrected chi connectivity index (χ2v) is 7.45. The van der Waals surface area contributed by atoms with Crippen LogP contribution >= 0.6 is 11.6 Å². The van der Waals surface area contributed by atoms with E-state index < -0.39 is 11.9 Å². The monoisotopic (exact) mass is 470 g/mol. The number of H-pyrrole nitrogens is 2. The van der Waals surface area contributed by atoms with E-state index in [2.05, 4.69) is 30.2 Å². The first-order chi connectivity index (χ1) is 15.8. The van der Waals surface area contributed by atoms with E-state index in [4.69, 9.17) is 16.3 Å². The zero-order chi connectivity index (χ0) is 23.0. The van der Waals surface area contributed by atoms with Gasteiger partial charge in [-0.1, -0.05) is 11.6 Å². The Bertz CT molecular complexity index is 1430. The predicted octanol–water partition coefficient (Wildman–Crippen LogP) is 6.56. The Labute approximate surface area is 189 Å². The molecule has 0 spiro atoms. The van der Waals surface area contributed by atoms with Gasteiger partial charge in [-0.25, -0.2) is 9.97 Å². The number of rotatable bonds is 5. The molecule has 3 aromatic heterocycles. The molecule has 0 aliphatic rings. The van der Waals surface area contributed by atoms with Crippen LogP contribution in [0.15, 0.2) is 67.0 Å². The van der Waals surface area contributed by atoms with Gasteiger partial charge in [0.05, 0.1) is 17.2 Å². The zero-order valence-electron chi connectivity index (χ0n) is 16.6. The summed E-state index contributed by atoms with van der Waals surface area (Å²) in [7, 11) is 0. The van der Waals surface area contributed by atoms with Crippen molar-refractivity contribution < 1.29 is 17.9 Å². The molecule has 0 radical (unpaired) electrons. The maximum Gasteiger partial charge on any atom is 0.432 e. The summed E-state index contributed by atoms with van der Waals surface area (Å²) in [6.07, 6.45) is -2.35. The van der Waals surface area contributed by atoms with Crippen LogP contribution in [0.5, 0.6) is 11.5 Å². The smallest absolute Gasteiger partial charge is 0.432 e. The van der Waals surface area contributed by atoms with Gasteiger partial charge in [0, 0.05) is 29.0 Å². The highest BCUT2D eigenvalue weighted by Crippen LogP contribution is 2.31. The van der Waals surface area contributed by atoms with Crippen LogP contribution in [0.1, 0.15) is 5.69 Å². The molecule has 0 aliphatic carbocycles. The van der Waals surface area contributed by atoms with Crippen molar-refractivity contribution in [1.29, 1.82) is 0 Å². The second kappa shape index (κ2) is 8.14. The van der Waals surface area contributed by atoms with Gasteiger partial charge in [-0.2, -0.15) is 13.2 Å². The molecular formula is C22H14ClF3N6O. The zero-order valence-corrected chi connectivity index (χ0v) is 17.4. The van der Waals surface area contributed by atoms with Crippen LogP contribution in [0.3, 0.4) is 0 Å². The van der Waals surface area contributed by atoms with Gasteiger partial charge in [-0.3, -0.25) is 4.98 Å². The van der Waals surface area contributed by atoms with E-state index in [1.165, 1.54) is 12.3 Å². The highest BCUT2D eigenvalue weighted by atomic mass is 35.5. The van der Waals surface area contributed by atoms with Crippen LogP contribution in [-0.4, -0.2) is 24.9 Å². The maximum atomic E-state index is 12.8. The number of nitrogens with one attached hydrogen (secondary N) is 3. The van der Waals surface area contributed by atoms with Crippen LogP contribution < -0.4 is 10.1 Å². The van der Waals surface area contributed by atoms with E-state index in [1.807, 2.05) is 12.1 Å². The van der Waals surface area contributed by atoms with E-state index in [9.17, 15) is 13.2 Å². The third-order valence-electron chi connectivity index (χ3n) is 4.65. The summed E-state index contributed by atoms with van der Waals surface area (Å²) in [4.78, 5) is 17.7. The SMILES string of the molecule is FC(F)(F)c1cnc(-c2cc(Oc3ccc4nc(Nc5ccc(Cl)cc5)[nH]c4c3)ccn2)[nH]1. The molecule has 0 unspecified atom stereocenters. The Hall–Kier alpha value is -4.05. The average molecular weight is 471 g/mol. The molecule has 0 saturated carbocycles. The van der Waals surface area contributed by atoms with Crippen molar-refractivity contribution in [2.75, 3.05) is 5.32 Å². The van der Waals surface area contributed by atoms with Crippen molar-refractivity contribution in [1.82, 2.24) is 24.9 Å². The highest BCUT2D eigenvalue weighted by molar-refractivity contribution is 6.30. The lowest BCUT2D eigenvalue weighted by Gasteiger charge is -2.06. The largest absolute Gasteiger partial charge is 0.457 e. The Morgan fingerprint density at radius 2 is 1.70 bits per heavy atom. The van der Waals surface area contributed by atoms with Gasteiger partial charge < -0.3 is 20.0 Å². The predicted molar refractivity (Wildman–Crippen MR) is 118 cm³/mol. The summed E-state index contributed by atoms with van der Waals surface area (Å²) < 4.78 is 44.3. The summed E-state index contributed by atoms with van der Waals surface area (Å²) in [6, 6.07) is 15.6. The lowest BCUT2D eigenvalue weighted by Crippen LogP contribution is -2.04. The molecule has 0 amide bonds. The number of pyridine rings is 1. The van der Waals surface area contributed by atoms with Gasteiger partial charge in [0.25, 0.3) is 0 Å². The Morgan fingerprint density at radius 1 is 0.909 bits per heavy atom. The standard InChI is InChI=1S/C22H14ClF3N6O/c23-12-1-3-13(4-2-12)29-21-30-16-6-5-14(9-17(16)31-21)33-15-7-8-27-18(10-15)20-28-11-19(32-20)22(24,25)26/h1-11H,(H,28,32)(H2,29,30,31). The molecule has 0 saturated heterocycles. The number of imidazole rings is 2. The van der Waals surface area contributed by atoms with E-state index in [1.54, 1.807) is 36.4 Å². The minimum atomic E-state index is -4.51. The van der Waals surface area contributed by atoms with Crippen molar-refractivity contribution in [3.63, 3.8) is 0 Å². The average Bonchev–Trinajstić information content (AvgIpc) is 3.42. The quantitative estimate of drug-likeness (QED) is 0.271. The molecule has 3 N–H and O–H groups in total. The van der Waals surface area contributed by atoms with E-state index in [-0.39, 0.29) is 11.5 Å². The number of aromatic nitrogens is 5. The van der Waals surface area contributed by atoms with Crippen molar-refractivity contribution in [2.45, 2.75) is 6.18 Å². The van der Waals surface area contributed by atoms with Gasteiger partial charge in [0.15, 0.2) is 5.82 Å². The van der Waals surface area contributed by atoms with Crippen molar-refractivity contribution in [2.24, 2.45) is 0 Å². The van der Waals surface area contributed by atoms with Gasteiger partial charge in [-0.05, 0) is 42.5 Å². The Balaban J connectivity index is 1.35. The third kappa shape index (κ3) is 4.60. The first-order valence-corrected chi connectivity index (χ1v) is 10.0. The molecule has 0 aliphatic heterocycles. The lowest BCUT2D eigenvalue weighted by molar-refractivity contribution is -0.140. The first-order valence-electron chi connectivity index (χ1n) is 9.62. The van der Waals surface area contributed by atoms with Crippen LogP contribution in [0.2, 0.25) is 5.02 Å². The molecule has 33 heavy (non-hydrogen) atoms. The van der Waals surface area contributed by atoms with Crippen LogP contribution in [0.4, 0.5) is 24.8 Å². The maximum absolute atomic E-state index is 12.8. The van der Waals surface area contributed by atoms with E-state index in [0.717, 1.165) is 22.9 Å². The van der Waals surface area contributed by atoms with Gasteiger partial charge in [-0.15, -0.1) is 0 Å². The Kier molecular flexibility index (Phi) is 5.14. The van der Waals surface area contributed by atoms with Gasteiger partial charge >= 0.3 is 6.18 Å². The van der Waals surface area contributed by atoms with Crippen LogP contribution in [-0.2, 0) is 6.18 Å². The fourth-order valence-corrected chi connectivity index (χ4v) is 3.24. The molecule has 0 fully saturated rings. The summed E-state index contributed by atoms with van der Waals surface area (Å²) in [5, 5.41) is 3.80. The lowest BCUT2D eigenvalue weighted by atomic mass is 10.3. The second-order valence-electron chi connectivity index (χ2n) is 7.02. The number of aromatic amines is 2. The molecule has 3 heterocycles. The van der Waals surface area contributed by atoms with Crippen molar-refractivity contribution in [3.05, 3.63) is 77.7 Å². The molecule has 5 rings (SSSR count). The van der Waals surface area contributed by atoms with Gasteiger partial charge in [0.1, 0.15) is 22.9 Å². The third-order valence-corrected chi connectivity index (χ3v) is 4.90. The van der Waals surface area contributed by atoms with E-state index in [0.29, 0.717) is 22.5 Å². The number of anilines is 2. The minimum absolute atomic E-state index is 0.00490. The normalized spacial score (nSPS) is 11.6. The van der Waals surface area contributed by atoms with Gasteiger partial charge in [0.2, 0.25) is 5.95 Å². The number of ether oxygens (including phenoxy) is 1. The number of benzene rings is 2. The summed E-state index contributed by atoms with van der Waals surface area (Å²) >= 11 is 5.91. The fourth-order valence-electron chi connectivity index (χ4n) is 3.12. The van der Waals surface area contributed by atoms with Crippen LogP contribution in [0.25, 0.3) is 22.6 Å². The number of nitrogens with zero attached hydrogens (tertiary/aromatic N) is 3. The van der Waals surface area contributed by atoms with E-state index >= 15 is 0 Å². The number of hydrogen-bond acceptors (Lipinski definition) is 5. The highest BCUT2D eigenvalue weighted by Gasteiger charge is 2.33. The number of fused-ring (bicyclic) bond motifs is 1.